The first-order chi connectivity index (χ1) is 9.56. The summed E-state index contributed by atoms with van der Waals surface area (Å²) < 4.78 is 0.872. The van der Waals surface area contributed by atoms with Crippen LogP contribution in [-0.4, -0.2) is 11.8 Å². The van der Waals surface area contributed by atoms with E-state index >= 15 is 0 Å². The van der Waals surface area contributed by atoms with Crippen molar-refractivity contribution in [3.63, 3.8) is 0 Å². The Kier molecular flexibility index (Phi) is 4.76. The molecule has 0 saturated heterocycles. The van der Waals surface area contributed by atoms with Gasteiger partial charge in [-0.1, -0.05) is 33.6 Å². The van der Waals surface area contributed by atoms with E-state index in [0.29, 0.717) is 16.1 Å². The van der Waals surface area contributed by atoms with Gasteiger partial charge in [-0.05, 0) is 42.5 Å². The summed E-state index contributed by atoms with van der Waals surface area (Å²) in [7, 11) is 0. The Bertz CT molecular complexity index is 644. The number of halogens is 2. The van der Waals surface area contributed by atoms with E-state index in [0.717, 1.165) is 4.47 Å². The highest BCUT2D eigenvalue weighted by Gasteiger charge is 2.09. The fraction of sp³-hybridized carbons (Fsp3) is 0. The van der Waals surface area contributed by atoms with E-state index in [1.165, 1.54) is 6.07 Å². The highest BCUT2D eigenvalue weighted by molar-refractivity contribution is 9.10. The lowest BCUT2D eigenvalue weighted by Gasteiger charge is -2.07. The molecule has 0 heterocycles. The fourth-order valence-corrected chi connectivity index (χ4v) is 1.94. The molecule has 2 rings (SSSR count). The van der Waals surface area contributed by atoms with Gasteiger partial charge in [-0.3, -0.25) is 20.4 Å². The molecule has 0 aromatic heterocycles. The second-order valence-electron chi connectivity index (χ2n) is 3.93. The summed E-state index contributed by atoms with van der Waals surface area (Å²) in [4.78, 5) is 23.6. The summed E-state index contributed by atoms with van der Waals surface area (Å²) in [6.07, 6.45) is 0. The summed E-state index contributed by atoms with van der Waals surface area (Å²) in [5, 5.41) is 0.455. The molecule has 0 aliphatic carbocycles. The quantitative estimate of drug-likeness (QED) is 0.815. The predicted octanol–water partition coefficient (Wildman–Crippen LogP) is 3.18. The average Bonchev–Trinajstić information content (AvgIpc) is 2.45. The van der Waals surface area contributed by atoms with Crippen LogP contribution in [0, 0.1) is 0 Å². The molecular formula is C14H10BrClN2O2. The second kappa shape index (κ2) is 6.54. The van der Waals surface area contributed by atoms with Crippen molar-refractivity contribution in [3.8, 4) is 0 Å². The van der Waals surface area contributed by atoms with Crippen LogP contribution in [0.4, 0.5) is 0 Å². The van der Waals surface area contributed by atoms with Gasteiger partial charge in [0, 0.05) is 20.6 Å². The second-order valence-corrected chi connectivity index (χ2v) is 5.28. The highest BCUT2D eigenvalue weighted by Crippen LogP contribution is 2.11. The van der Waals surface area contributed by atoms with Crippen molar-refractivity contribution in [1.29, 1.82) is 0 Å². The number of hydrogen-bond acceptors (Lipinski definition) is 2. The van der Waals surface area contributed by atoms with Crippen molar-refractivity contribution in [2.75, 3.05) is 0 Å². The molecule has 4 nitrogen and oxygen atoms in total. The summed E-state index contributed by atoms with van der Waals surface area (Å²) >= 11 is 9.07. The van der Waals surface area contributed by atoms with Gasteiger partial charge in [0.25, 0.3) is 11.8 Å². The standard InChI is InChI=1S/C14H10BrClN2O2/c15-11-6-4-9(5-7-11)13(19)17-18-14(20)10-2-1-3-12(16)8-10/h1-8H,(H,17,19)(H,18,20). The average molecular weight is 354 g/mol. The number of hydrazine groups is 1. The van der Waals surface area contributed by atoms with Crippen LogP contribution < -0.4 is 10.9 Å². The van der Waals surface area contributed by atoms with Gasteiger partial charge < -0.3 is 0 Å². The monoisotopic (exact) mass is 352 g/mol. The van der Waals surface area contributed by atoms with Crippen molar-refractivity contribution in [2.24, 2.45) is 0 Å². The van der Waals surface area contributed by atoms with Crippen LogP contribution >= 0.6 is 27.5 Å². The Hall–Kier alpha value is -1.85. The fourth-order valence-electron chi connectivity index (χ4n) is 1.49. The smallest absolute Gasteiger partial charge is 0.267 e. The van der Waals surface area contributed by atoms with E-state index in [4.69, 9.17) is 11.6 Å². The normalized spacial score (nSPS) is 9.90. The number of benzene rings is 2. The minimum absolute atomic E-state index is 0.369. The maximum absolute atomic E-state index is 11.8. The van der Waals surface area contributed by atoms with E-state index in [1.807, 2.05) is 0 Å². The maximum atomic E-state index is 11.8. The third kappa shape index (κ3) is 3.82. The molecule has 102 valence electrons. The minimum Gasteiger partial charge on any atom is -0.267 e. The Morgan fingerprint density at radius 2 is 1.50 bits per heavy atom. The third-order valence-electron chi connectivity index (χ3n) is 2.48. The van der Waals surface area contributed by atoms with E-state index in [9.17, 15) is 9.59 Å². The van der Waals surface area contributed by atoms with Gasteiger partial charge in [0.1, 0.15) is 0 Å². The van der Waals surface area contributed by atoms with Gasteiger partial charge in [-0.15, -0.1) is 0 Å². The number of rotatable bonds is 2. The van der Waals surface area contributed by atoms with Crippen molar-refractivity contribution in [1.82, 2.24) is 10.9 Å². The number of nitrogens with one attached hydrogen (secondary N) is 2. The molecule has 0 unspecified atom stereocenters. The third-order valence-corrected chi connectivity index (χ3v) is 3.25. The lowest BCUT2D eigenvalue weighted by molar-refractivity contribution is 0.0846. The molecule has 2 aromatic carbocycles. The van der Waals surface area contributed by atoms with Gasteiger partial charge in [0.15, 0.2) is 0 Å². The van der Waals surface area contributed by atoms with Crippen molar-refractivity contribution < 1.29 is 9.59 Å². The van der Waals surface area contributed by atoms with E-state index in [1.54, 1.807) is 42.5 Å². The largest absolute Gasteiger partial charge is 0.269 e. The molecule has 2 N–H and O–H groups in total. The summed E-state index contributed by atoms with van der Waals surface area (Å²) in [6.45, 7) is 0. The summed E-state index contributed by atoms with van der Waals surface area (Å²) in [5.74, 6) is -0.828. The van der Waals surface area contributed by atoms with Crippen LogP contribution in [0.3, 0.4) is 0 Å². The first-order valence-electron chi connectivity index (χ1n) is 5.68. The summed E-state index contributed by atoms with van der Waals surface area (Å²) in [5.41, 5.74) is 5.48. The predicted molar refractivity (Wildman–Crippen MR) is 80.5 cm³/mol. The number of amides is 2. The van der Waals surface area contributed by atoms with Crippen LogP contribution in [0.15, 0.2) is 53.0 Å². The van der Waals surface area contributed by atoms with Crippen LogP contribution in [0.1, 0.15) is 20.7 Å². The van der Waals surface area contributed by atoms with Gasteiger partial charge in [0.2, 0.25) is 0 Å². The van der Waals surface area contributed by atoms with Gasteiger partial charge in [-0.25, -0.2) is 0 Å². The van der Waals surface area contributed by atoms with Crippen molar-refractivity contribution in [3.05, 3.63) is 69.2 Å². The zero-order valence-electron chi connectivity index (χ0n) is 10.2. The van der Waals surface area contributed by atoms with Gasteiger partial charge >= 0.3 is 0 Å². The lowest BCUT2D eigenvalue weighted by atomic mass is 10.2. The van der Waals surface area contributed by atoms with Crippen LogP contribution in [0.5, 0.6) is 0 Å². The SMILES string of the molecule is O=C(NNC(=O)c1cccc(Cl)c1)c1ccc(Br)cc1. The Balaban J connectivity index is 1.96. The minimum atomic E-state index is -0.432. The molecule has 6 heteroatoms. The molecule has 0 spiro atoms. The number of carbonyl (C=O) groups is 2. The molecule has 0 fully saturated rings. The molecule has 0 atom stereocenters. The van der Waals surface area contributed by atoms with Crippen LogP contribution in [0.2, 0.25) is 5.02 Å². The lowest BCUT2D eigenvalue weighted by Crippen LogP contribution is -2.41. The zero-order chi connectivity index (χ0) is 14.5. The molecule has 0 aliphatic heterocycles. The molecule has 0 saturated carbocycles. The first kappa shape index (κ1) is 14.6. The molecular weight excluding hydrogens is 344 g/mol. The molecule has 20 heavy (non-hydrogen) atoms. The Morgan fingerprint density at radius 1 is 0.900 bits per heavy atom. The molecule has 0 bridgehead atoms. The van der Waals surface area contributed by atoms with E-state index < -0.39 is 11.8 Å². The highest BCUT2D eigenvalue weighted by atomic mass is 79.9. The summed E-state index contributed by atoms with van der Waals surface area (Å²) in [6, 6.07) is 13.2. The number of hydrogen-bond donors (Lipinski definition) is 2. The zero-order valence-corrected chi connectivity index (χ0v) is 12.5. The maximum Gasteiger partial charge on any atom is 0.269 e. The van der Waals surface area contributed by atoms with E-state index in [2.05, 4.69) is 26.8 Å². The van der Waals surface area contributed by atoms with Crippen LogP contribution in [0.25, 0.3) is 0 Å². The molecule has 2 aromatic rings. The molecule has 2 amide bonds. The van der Waals surface area contributed by atoms with Crippen LogP contribution in [-0.2, 0) is 0 Å². The van der Waals surface area contributed by atoms with Crippen molar-refractivity contribution in [2.45, 2.75) is 0 Å². The molecule has 0 radical (unpaired) electrons. The number of carbonyl (C=O) groups excluding carboxylic acids is 2. The first-order valence-corrected chi connectivity index (χ1v) is 6.85. The van der Waals surface area contributed by atoms with E-state index in [-0.39, 0.29) is 0 Å². The molecule has 0 aliphatic rings. The van der Waals surface area contributed by atoms with Gasteiger partial charge in [0.05, 0.1) is 0 Å². The van der Waals surface area contributed by atoms with Crippen molar-refractivity contribution >= 4 is 39.3 Å². The van der Waals surface area contributed by atoms with Gasteiger partial charge in [-0.2, -0.15) is 0 Å². The Morgan fingerprint density at radius 3 is 2.10 bits per heavy atom. The Labute approximate surface area is 129 Å². The topological polar surface area (TPSA) is 58.2 Å².